The van der Waals surface area contributed by atoms with Crippen LogP contribution in [0.2, 0.25) is 0 Å². The van der Waals surface area contributed by atoms with Gasteiger partial charge >= 0.3 is 5.97 Å². The van der Waals surface area contributed by atoms with E-state index in [2.05, 4.69) is 18.7 Å². The summed E-state index contributed by atoms with van der Waals surface area (Å²) in [6.07, 6.45) is 6.28. The molecule has 0 aromatic heterocycles. The van der Waals surface area contributed by atoms with Gasteiger partial charge in [0.1, 0.15) is 5.54 Å². The lowest BCUT2D eigenvalue weighted by atomic mass is 9.69. The van der Waals surface area contributed by atoms with Crippen LogP contribution in [0.1, 0.15) is 66.2 Å². The van der Waals surface area contributed by atoms with Crippen LogP contribution in [-0.4, -0.2) is 34.6 Å². The van der Waals surface area contributed by atoms with Crippen molar-refractivity contribution < 1.29 is 9.90 Å². The van der Waals surface area contributed by atoms with E-state index in [0.717, 1.165) is 13.1 Å². The van der Waals surface area contributed by atoms with Crippen LogP contribution in [0, 0.1) is 5.41 Å². The van der Waals surface area contributed by atoms with Gasteiger partial charge in [-0.1, -0.05) is 40.5 Å². The van der Waals surface area contributed by atoms with Gasteiger partial charge in [-0.2, -0.15) is 0 Å². The topological polar surface area (TPSA) is 40.5 Å². The maximum atomic E-state index is 11.6. The lowest BCUT2D eigenvalue weighted by molar-refractivity contribution is -0.166. The van der Waals surface area contributed by atoms with Crippen LogP contribution in [-0.2, 0) is 4.79 Å². The highest BCUT2D eigenvalue weighted by atomic mass is 16.4. The molecule has 3 nitrogen and oxygen atoms in total. The first-order valence-electron chi connectivity index (χ1n) is 7.48. The van der Waals surface area contributed by atoms with Crippen molar-refractivity contribution >= 4 is 5.97 Å². The van der Waals surface area contributed by atoms with Crippen molar-refractivity contribution in [1.82, 2.24) is 4.90 Å². The van der Waals surface area contributed by atoms with Crippen LogP contribution in [0.5, 0.6) is 0 Å². The molecule has 106 valence electrons. The number of rotatable bonds is 8. The highest BCUT2D eigenvalue weighted by molar-refractivity contribution is 5.78. The second-order valence-electron chi connectivity index (χ2n) is 5.90. The Balaban J connectivity index is 2.75. The molecule has 1 aliphatic heterocycles. The standard InChI is InChI=1S/C15H29NO2/c1-5-9-14(10-6-2)11-16(12-14)15(7-3,8-4)13(17)18/h5-12H2,1-4H3,(H,17,18). The lowest BCUT2D eigenvalue weighted by Gasteiger charge is -2.57. The number of nitrogens with zero attached hydrogens (tertiary/aromatic N) is 1. The predicted octanol–water partition coefficient (Wildman–Crippen LogP) is 3.53. The lowest BCUT2D eigenvalue weighted by Crippen LogP contribution is -2.67. The minimum Gasteiger partial charge on any atom is -0.480 e. The van der Waals surface area contributed by atoms with Gasteiger partial charge in [0, 0.05) is 13.1 Å². The first-order chi connectivity index (χ1) is 8.50. The maximum Gasteiger partial charge on any atom is 0.324 e. The average molecular weight is 255 g/mol. The molecule has 0 aliphatic carbocycles. The molecule has 0 saturated carbocycles. The normalized spacial score (nSPS) is 19.6. The molecule has 1 heterocycles. The number of likely N-dealkylation sites (tertiary alicyclic amines) is 1. The van der Waals surface area contributed by atoms with E-state index in [-0.39, 0.29) is 0 Å². The van der Waals surface area contributed by atoms with Crippen LogP contribution in [0.3, 0.4) is 0 Å². The molecule has 0 radical (unpaired) electrons. The molecule has 1 saturated heterocycles. The second-order valence-corrected chi connectivity index (χ2v) is 5.90. The SMILES string of the molecule is CCCC1(CCC)CN(C(CC)(CC)C(=O)O)C1. The molecule has 0 aromatic rings. The van der Waals surface area contributed by atoms with E-state index in [1.54, 1.807) is 0 Å². The van der Waals surface area contributed by atoms with E-state index in [0.29, 0.717) is 18.3 Å². The summed E-state index contributed by atoms with van der Waals surface area (Å²) in [4.78, 5) is 13.8. The van der Waals surface area contributed by atoms with Gasteiger partial charge in [-0.25, -0.2) is 0 Å². The molecule has 1 rings (SSSR count). The van der Waals surface area contributed by atoms with E-state index in [9.17, 15) is 9.90 Å². The summed E-state index contributed by atoms with van der Waals surface area (Å²) in [7, 11) is 0. The third kappa shape index (κ3) is 2.56. The molecule has 1 fully saturated rings. The monoisotopic (exact) mass is 255 g/mol. The Morgan fingerprint density at radius 1 is 1.11 bits per heavy atom. The van der Waals surface area contributed by atoms with Crippen LogP contribution >= 0.6 is 0 Å². The van der Waals surface area contributed by atoms with Crippen molar-refractivity contribution in [3.05, 3.63) is 0 Å². The summed E-state index contributed by atoms with van der Waals surface area (Å²) in [5, 5.41) is 9.55. The fraction of sp³-hybridized carbons (Fsp3) is 0.933. The molecule has 0 bridgehead atoms. The van der Waals surface area contributed by atoms with Crippen molar-refractivity contribution in [2.75, 3.05) is 13.1 Å². The van der Waals surface area contributed by atoms with Crippen LogP contribution in [0.4, 0.5) is 0 Å². The zero-order valence-corrected chi connectivity index (χ0v) is 12.5. The van der Waals surface area contributed by atoms with Crippen LogP contribution < -0.4 is 0 Å². The number of carbonyl (C=O) groups is 1. The van der Waals surface area contributed by atoms with Gasteiger partial charge in [-0.15, -0.1) is 0 Å². The summed E-state index contributed by atoms with van der Waals surface area (Å²) >= 11 is 0. The third-order valence-electron chi connectivity index (χ3n) is 4.79. The van der Waals surface area contributed by atoms with E-state index >= 15 is 0 Å². The summed E-state index contributed by atoms with van der Waals surface area (Å²) in [5.74, 6) is -0.644. The van der Waals surface area contributed by atoms with Gasteiger partial charge in [-0.05, 0) is 31.1 Å². The van der Waals surface area contributed by atoms with Crippen LogP contribution in [0.25, 0.3) is 0 Å². The highest BCUT2D eigenvalue weighted by Crippen LogP contribution is 2.44. The van der Waals surface area contributed by atoms with Crippen molar-refractivity contribution in [3.63, 3.8) is 0 Å². The van der Waals surface area contributed by atoms with Crippen molar-refractivity contribution in [2.45, 2.75) is 71.8 Å². The minimum atomic E-state index is -0.644. The number of aliphatic carboxylic acids is 1. The van der Waals surface area contributed by atoms with Crippen molar-refractivity contribution in [3.8, 4) is 0 Å². The molecule has 0 amide bonds. The Labute approximate surface area is 112 Å². The smallest absolute Gasteiger partial charge is 0.324 e. The summed E-state index contributed by atoms with van der Waals surface area (Å²) in [6.45, 7) is 10.4. The Morgan fingerprint density at radius 2 is 1.56 bits per heavy atom. The van der Waals surface area contributed by atoms with Gasteiger partial charge in [-0.3, -0.25) is 9.69 Å². The fourth-order valence-corrected chi connectivity index (χ4v) is 3.70. The number of carboxylic acids is 1. The predicted molar refractivity (Wildman–Crippen MR) is 74.8 cm³/mol. The number of carboxylic acid groups (broad SMARTS) is 1. The third-order valence-corrected chi connectivity index (χ3v) is 4.79. The Kier molecular flexibility index (Phi) is 5.20. The van der Waals surface area contributed by atoms with E-state index in [4.69, 9.17) is 0 Å². The zero-order valence-electron chi connectivity index (χ0n) is 12.5. The summed E-state index contributed by atoms with van der Waals surface area (Å²) in [5.41, 5.74) is -0.223. The highest BCUT2D eigenvalue weighted by Gasteiger charge is 2.52. The largest absolute Gasteiger partial charge is 0.480 e. The molecular formula is C15H29NO2. The Bertz CT molecular complexity index is 270. The molecule has 3 heteroatoms. The van der Waals surface area contributed by atoms with Crippen molar-refractivity contribution in [2.24, 2.45) is 5.41 Å². The van der Waals surface area contributed by atoms with E-state index in [1.165, 1.54) is 25.7 Å². The van der Waals surface area contributed by atoms with Gasteiger partial charge in [0.15, 0.2) is 0 Å². The molecule has 18 heavy (non-hydrogen) atoms. The molecule has 0 aromatic carbocycles. The molecule has 1 aliphatic rings. The zero-order chi connectivity index (χ0) is 13.8. The van der Waals surface area contributed by atoms with E-state index in [1.807, 2.05) is 13.8 Å². The average Bonchev–Trinajstić information content (AvgIpc) is 2.29. The number of hydrogen-bond donors (Lipinski definition) is 1. The molecule has 0 atom stereocenters. The van der Waals surface area contributed by atoms with Gasteiger partial charge < -0.3 is 5.11 Å². The van der Waals surface area contributed by atoms with Gasteiger partial charge in [0.2, 0.25) is 0 Å². The second kappa shape index (κ2) is 6.05. The minimum absolute atomic E-state index is 0.397. The summed E-state index contributed by atoms with van der Waals surface area (Å²) in [6, 6.07) is 0. The maximum absolute atomic E-state index is 11.6. The molecule has 1 N–H and O–H groups in total. The summed E-state index contributed by atoms with van der Waals surface area (Å²) < 4.78 is 0. The fourth-order valence-electron chi connectivity index (χ4n) is 3.70. The molecule has 0 unspecified atom stereocenters. The first-order valence-corrected chi connectivity index (χ1v) is 7.48. The van der Waals surface area contributed by atoms with Gasteiger partial charge in [0.05, 0.1) is 0 Å². The van der Waals surface area contributed by atoms with Gasteiger partial charge in [0.25, 0.3) is 0 Å². The molecular weight excluding hydrogens is 226 g/mol. The first kappa shape index (κ1) is 15.5. The molecule has 0 spiro atoms. The van der Waals surface area contributed by atoms with E-state index < -0.39 is 11.5 Å². The Hall–Kier alpha value is -0.570. The Morgan fingerprint density at radius 3 is 1.83 bits per heavy atom. The van der Waals surface area contributed by atoms with Crippen molar-refractivity contribution in [1.29, 1.82) is 0 Å². The quantitative estimate of drug-likeness (QED) is 0.721. The number of hydrogen-bond acceptors (Lipinski definition) is 2. The van der Waals surface area contributed by atoms with Crippen LogP contribution in [0.15, 0.2) is 0 Å².